The largest absolute Gasteiger partial charge is 0.486 e. The fourth-order valence-electron chi connectivity index (χ4n) is 1.38. The molecule has 1 N–H and O–H groups in total. The maximum absolute atomic E-state index is 13.4. The molecule has 0 bridgehead atoms. The molecule has 1 unspecified atom stereocenters. The molecule has 1 rings (SSSR count). The van der Waals surface area contributed by atoms with E-state index in [-0.39, 0.29) is 11.9 Å². The van der Waals surface area contributed by atoms with Gasteiger partial charge in [0.05, 0.1) is 0 Å². The summed E-state index contributed by atoms with van der Waals surface area (Å²) >= 11 is 0. The van der Waals surface area contributed by atoms with Crippen molar-refractivity contribution in [2.24, 2.45) is 0 Å². The van der Waals surface area contributed by atoms with Crippen LogP contribution >= 0.6 is 0 Å². The molecule has 2 nitrogen and oxygen atoms in total. The van der Waals surface area contributed by atoms with Crippen molar-refractivity contribution in [1.29, 1.82) is 0 Å². The SMILES string of the molecule is CCC(CNC)Oc1cc(C)ccc1F. The number of aryl methyl sites for hydroxylation is 1. The van der Waals surface area contributed by atoms with Crippen molar-refractivity contribution in [3.05, 3.63) is 29.6 Å². The molecule has 0 aliphatic heterocycles. The third kappa shape index (κ3) is 3.51. The van der Waals surface area contributed by atoms with Crippen molar-refractivity contribution in [2.75, 3.05) is 13.6 Å². The van der Waals surface area contributed by atoms with Gasteiger partial charge in [0.15, 0.2) is 11.6 Å². The zero-order valence-corrected chi connectivity index (χ0v) is 9.51. The maximum Gasteiger partial charge on any atom is 0.165 e. The Kier molecular flexibility index (Phi) is 4.56. The van der Waals surface area contributed by atoms with Gasteiger partial charge in [-0.25, -0.2) is 4.39 Å². The van der Waals surface area contributed by atoms with E-state index in [9.17, 15) is 4.39 Å². The first-order valence-corrected chi connectivity index (χ1v) is 5.24. The number of likely N-dealkylation sites (N-methyl/N-ethyl adjacent to an activating group) is 1. The summed E-state index contributed by atoms with van der Waals surface area (Å²) in [7, 11) is 1.86. The Morgan fingerprint density at radius 2 is 2.20 bits per heavy atom. The molecule has 0 heterocycles. The lowest BCUT2D eigenvalue weighted by Gasteiger charge is -2.17. The van der Waals surface area contributed by atoms with Gasteiger partial charge in [-0.3, -0.25) is 0 Å². The monoisotopic (exact) mass is 211 g/mol. The van der Waals surface area contributed by atoms with Gasteiger partial charge in [0.1, 0.15) is 6.10 Å². The molecule has 1 aromatic carbocycles. The van der Waals surface area contributed by atoms with Gasteiger partial charge >= 0.3 is 0 Å². The van der Waals surface area contributed by atoms with Gasteiger partial charge < -0.3 is 10.1 Å². The van der Waals surface area contributed by atoms with E-state index in [0.29, 0.717) is 5.75 Å². The molecular formula is C12H18FNO. The highest BCUT2D eigenvalue weighted by atomic mass is 19.1. The highest BCUT2D eigenvalue weighted by Crippen LogP contribution is 2.20. The Hall–Kier alpha value is -1.09. The van der Waals surface area contributed by atoms with E-state index in [1.54, 1.807) is 12.1 Å². The van der Waals surface area contributed by atoms with Crippen LogP contribution in [0.3, 0.4) is 0 Å². The van der Waals surface area contributed by atoms with Crippen molar-refractivity contribution in [2.45, 2.75) is 26.4 Å². The molecule has 15 heavy (non-hydrogen) atoms. The van der Waals surface area contributed by atoms with Crippen molar-refractivity contribution in [3.8, 4) is 5.75 Å². The van der Waals surface area contributed by atoms with Crippen LogP contribution in [-0.2, 0) is 0 Å². The molecule has 1 atom stereocenters. The molecule has 3 heteroatoms. The second-order valence-electron chi connectivity index (χ2n) is 3.64. The number of hydrogen-bond acceptors (Lipinski definition) is 2. The smallest absolute Gasteiger partial charge is 0.165 e. The topological polar surface area (TPSA) is 21.3 Å². The molecule has 0 amide bonds. The van der Waals surface area contributed by atoms with Crippen LogP contribution in [-0.4, -0.2) is 19.7 Å². The van der Waals surface area contributed by atoms with E-state index in [1.165, 1.54) is 6.07 Å². The Balaban J connectivity index is 2.73. The van der Waals surface area contributed by atoms with Crippen LogP contribution in [0.2, 0.25) is 0 Å². The summed E-state index contributed by atoms with van der Waals surface area (Å²) in [5.74, 6) is 0.0484. The van der Waals surface area contributed by atoms with Gasteiger partial charge in [0.2, 0.25) is 0 Å². The quantitative estimate of drug-likeness (QED) is 0.808. The minimum Gasteiger partial charge on any atom is -0.486 e. The van der Waals surface area contributed by atoms with Gasteiger partial charge in [0, 0.05) is 6.54 Å². The molecule has 0 radical (unpaired) electrons. The summed E-state index contributed by atoms with van der Waals surface area (Å²) in [6.07, 6.45) is 0.875. The minimum absolute atomic E-state index is 0.0197. The van der Waals surface area contributed by atoms with Crippen molar-refractivity contribution >= 4 is 0 Å². The predicted octanol–water partition coefficient (Wildman–Crippen LogP) is 2.51. The van der Waals surface area contributed by atoms with Gasteiger partial charge in [0.25, 0.3) is 0 Å². The third-order valence-electron chi connectivity index (χ3n) is 2.27. The molecule has 84 valence electrons. The van der Waals surface area contributed by atoms with Crippen molar-refractivity contribution in [1.82, 2.24) is 5.32 Å². The first-order chi connectivity index (χ1) is 7.17. The van der Waals surface area contributed by atoms with E-state index in [2.05, 4.69) is 5.32 Å². The zero-order chi connectivity index (χ0) is 11.3. The summed E-state index contributed by atoms with van der Waals surface area (Å²) < 4.78 is 18.9. The number of benzene rings is 1. The van der Waals surface area contributed by atoms with Gasteiger partial charge in [-0.05, 0) is 38.1 Å². The average molecular weight is 211 g/mol. The lowest BCUT2D eigenvalue weighted by Crippen LogP contribution is -2.28. The van der Waals surface area contributed by atoms with Gasteiger partial charge in [-0.15, -0.1) is 0 Å². The van der Waals surface area contributed by atoms with Crippen LogP contribution in [0.5, 0.6) is 5.75 Å². The average Bonchev–Trinajstić information content (AvgIpc) is 2.22. The van der Waals surface area contributed by atoms with E-state index in [4.69, 9.17) is 4.74 Å². The number of ether oxygens (including phenoxy) is 1. The summed E-state index contributed by atoms with van der Waals surface area (Å²) in [5, 5.41) is 3.03. The molecule has 0 spiro atoms. The van der Waals surface area contributed by atoms with Crippen LogP contribution in [0.25, 0.3) is 0 Å². The second-order valence-corrected chi connectivity index (χ2v) is 3.64. The molecular weight excluding hydrogens is 193 g/mol. The van der Waals surface area contributed by atoms with Gasteiger partial charge in [-0.2, -0.15) is 0 Å². The molecule has 0 aliphatic carbocycles. The Morgan fingerprint density at radius 3 is 2.80 bits per heavy atom. The van der Waals surface area contributed by atoms with E-state index >= 15 is 0 Å². The summed E-state index contributed by atoms with van der Waals surface area (Å²) in [6.45, 7) is 4.67. The highest BCUT2D eigenvalue weighted by Gasteiger charge is 2.10. The van der Waals surface area contributed by atoms with Gasteiger partial charge in [-0.1, -0.05) is 13.0 Å². The lowest BCUT2D eigenvalue weighted by molar-refractivity contribution is 0.188. The van der Waals surface area contributed by atoms with Crippen LogP contribution in [0.15, 0.2) is 18.2 Å². The molecule has 0 saturated carbocycles. The normalized spacial score (nSPS) is 12.5. The summed E-state index contributed by atoms with van der Waals surface area (Å²) in [5.41, 5.74) is 1.01. The van der Waals surface area contributed by atoms with E-state index < -0.39 is 0 Å². The van der Waals surface area contributed by atoms with Crippen LogP contribution in [0.4, 0.5) is 4.39 Å². The van der Waals surface area contributed by atoms with E-state index in [1.807, 2.05) is 20.9 Å². The number of halogens is 1. The first-order valence-electron chi connectivity index (χ1n) is 5.24. The molecule has 0 fully saturated rings. The number of rotatable bonds is 5. The molecule has 0 aliphatic rings. The third-order valence-corrected chi connectivity index (χ3v) is 2.27. The van der Waals surface area contributed by atoms with Crippen molar-refractivity contribution in [3.63, 3.8) is 0 Å². The fraction of sp³-hybridized carbons (Fsp3) is 0.500. The van der Waals surface area contributed by atoms with Crippen LogP contribution in [0, 0.1) is 12.7 Å². The maximum atomic E-state index is 13.4. The second kappa shape index (κ2) is 5.71. The molecule has 1 aromatic rings. The minimum atomic E-state index is -0.296. The Bertz CT molecular complexity index is 314. The van der Waals surface area contributed by atoms with Crippen molar-refractivity contribution < 1.29 is 9.13 Å². The summed E-state index contributed by atoms with van der Waals surface area (Å²) in [6, 6.07) is 4.91. The number of hydrogen-bond donors (Lipinski definition) is 1. The highest BCUT2D eigenvalue weighted by molar-refractivity contribution is 5.29. The fourth-order valence-corrected chi connectivity index (χ4v) is 1.38. The number of nitrogens with one attached hydrogen (secondary N) is 1. The lowest BCUT2D eigenvalue weighted by atomic mass is 10.2. The van der Waals surface area contributed by atoms with E-state index in [0.717, 1.165) is 18.5 Å². The summed E-state index contributed by atoms with van der Waals surface area (Å²) in [4.78, 5) is 0. The Morgan fingerprint density at radius 1 is 1.47 bits per heavy atom. The molecule has 0 saturated heterocycles. The predicted molar refractivity (Wildman–Crippen MR) is 59.8 cm³/mol. The standard InChI is InChI=1S/C12H18FNO/c1-4-10(8-14-3)15-12-7-9(2)5-6-11(12)13/h5-7,10,14H,4,8H2,1-3H3. The zero-order valence-electron chi connectivity index (χ0n) is 9.51. The first kappa shape index (κ1) is 12.0. The van der Waals surface area contributed by atoms with Crippen LogP contribution < -0.4 is 10.1 Å². The molecule has 0 aromatic heterocycles. The Labute approximate surface area is 90.4 Å². The van der Waals surface area contributed by atoms with Crippen LogP contribution in [0.1, 0.15) is 18.9 Å².